The summed E-state index contributed by atoms with van der Waals surface area (Å²) in [4.78, 5) is 20.0. The molecule has 0 atom stereocenters. The second-order valence-corrected chi connectivity index (χ2v) is 11.6. The van der Waals surface area contributed by atoms with Crippen molar-refractivity contribution in [3.8, 4) is 0 Å². The molecule has 0 fully saturated rings. The zero-order chi connectivity index (χ0) is 24.5. The van der Waals surface area contributed by atoms with E-state index in [1.54, 1.807) is 36.7 Å². The lowest BCUT2D eigenvalue weighted by Gasteiger charge is -2.23. The van der Waals surface area contributed by atoms with E-state index < -0.39 is 10.0 Å². The van der Waals surface area contributed by atoms with Gasteiger partial charge in [-0.25, -0.2) is 8.42 Å². The normalized spacial score (nSPS) is 12.4. The molecule has 0 aliphatic carbocycles. The number of nitrogens with zero attached hydrogens (tertiary/aromatic N) is 2. The highest BCUT2D eigenvalue weighted by molar-refractivity contribution is 7.89. The number of aromatic nitrogens is 2. The number of benzene rings is 2. The van der Waals surface area contributed by atoms with E-state index in [1.807, 2.05) is 43.3 Å². The van der Waals surface area contributed by atoms with E-state index in [-0.39, 0.29) is 29.0 Å². The Balaban J connectivity index is 1.76. The van der Waals surface area contributed by atoms with Crippen LogP contribution in [0.1, 0.15) is 43.0 Å². The van der Waals surface area contributed by atoms with Crippen LogP contribution in [0.4, 0.5) is 0 Å². The Morgan fingerprint density at radius 1 is 0.971 bits per heavy atom. The van der Waals surface area contributed by atoms with Crippen LogP contribution >= 0.6 is 0 Å². The molecule has 0 amide bonds. The number of pyridine rings is 2. The van der Waals surface area contributed by atoms with E-state index in [0.717, 1.165) is 27.6 Å². The summed E-state index contributed by atoms with van der Waals surface area (Å²) >= 11 is 0. The van der Waals surface area contributed by atoms with Crippen molar-refractivity contribution in [3.63, 3.8) is 0 Å². The number of aromatic amines is 1. The maximum atomic E-state index is 13.7. The first-order chi connectivity index (χ1) is 16.0. The van der Waals surface area contributed by atoms with Crippen molar-refractivity contribution in [3.05, 3.63) is 106 Å². The number of hydrogen-bond donors (Lipinski definition) is 1. The summed E-state index contributed by atoms with van der Waals surface area (Å²) in [5.41, 5.74) is 3.57. The van der Waals surface area contributed by atoms with E-state index in [4.69, 9.17) is 0 Å². The molecular formula is C27H29N3O3S. The second-order valence-electron chi connectivity index (χ2n) is 9.62. The van der Waals surface area contributed by atoms with Gasteiger partial charge in [0.05, 0.1) is 4.90 Å². The van der Waals surface area contributed by atoms with Gasteiger partial charge in [-0.05, 0) is 65.3 Å². The Morgan fingerprint density at radius 3 is 2.35 bits per heavy atom. The molecule has 0 aliphatic rings. The Kier molecular flexibility index (Phi) is 6.43. The summed E-state index contributed by atoms with van der Waals surface area (Å²) < 4.78 is 28.8. The van der Waals surface area contributed by atoms with Gasteiger partial charge in [0, 0.05) is 36.6 Å². The third-order valence-electron chi connectivity index (χ3n) is 5.86. The molecule has 0 spiro atoms. The number of nitrogens with one attached hydrogen (secondary N) is 1. The van der Waals surface area contributed by atoms with Crippen molar-refractivity contribution in [1.29, 1.82) is 0 Å². The Morgan fingerprint density at radius 2 is 1.71 bits per heavy atom. The molecule has 0 bridgehead atoms. The van der Waals surface area contributed by atoms with Crippen LogP contribution in [0.5, 0.6) is 0 Å². The quantitative estimate of drug-likeness (QED) is 0.429. The molecule has 0 unspecified atom stereocenters. The fourth-order valence-electron chi connectivity index (χ4n) is 3.88. The maximum absolute atomic E-state index is 13.7. The van der Waals surface area contributed by atoms with Gasteiger partial charge < -0.3 is 4.98 Å². The smallest absolute Gasteiger partial charge is 0.252 e. The highest BCUT2D eigenvalue weighted by Gasteiger charge is 2.27. The molecule has 2 aromatic heterocycles. The lowest BCUT2D eigenvalue weighted by atomic mass is 9.87. The number of H-pyrrole nitrogens is 1. The Labute approximate surface area is 200 Å². The first-order valence-corrected chi connectivity index (χ1v) is 12.6. The first kappa shape index (κ1) is 23.9. The fourth-order valence-corrected chi connectivity index (χ4v) is 5.28. The molecule has 176 valence electrons. The van der Waals surface area contributed by atoms with E-state index in [9.17, 15) is 13.2 Å². The minimum absolute atomic E-state index is 0.0581. The van der Waals surface area contributed by atoms with Crippen LogP contribution in [-0.4, -0.2) is 22.7 Å². The molecule has 0 saturated carbocycles. The SMILES string of the molecule is Cc1ccc2[nH]c(=O)c(CN(Cc3cccnc3)S(=O)(=O)c3ccc(C(C)(C)C)cc3)cc2c1. The fraction of sp³-hybridized carbons (Fsp3) is 0.259. The third-order valence-corrected chi connectivity index (χ3v) is 7.67. The maximum Gasteiger partial charge on any atom is 0.252 e. The summed E-state index contributed by atoms with van der Waals surface area (Å²) in [7, 11) is -3.89. The highest BCUT2D eigenvalue weighted by atomic mass is 32.2. The number of hydrogen-bond acceptors (Lipinski definition) is 4. The van der Waals surface area contributed by atoms with Gasteiger partial charge in [0.1, 0.15) is 0 Å². The predicted molar refractivity (Wildman–Crippen MR) is 135 cm³/mol. The van der Waals surface area contributed by atoms with Gasteiger partial charge in [-0.2, -0.15) is 4.31 Å². The molecule has 4 aromatic rings. The molecule has 2 aromatic carbocycles. The molecule has 7 heteroatoms. The lowest BCUT2D eigenvalue weighted by Crippen LogP contribution is -2.32. The van der Waals surface area contributed by atoms with Crippen molar-refractivity contribution < 1.29 is 8.42 Å². The molecule has 2 heterocycles. The summed E-state index contributed by atoms with van der Waals surface area (Å²) in [5.74, 6) is 0. The zero-order valence-corrected chi connectivity index (χ0v) is 20.7. The molecule has 4 rings (SSSR count). The van der Waals surface area contributed by atoms with Crippen molar-refractivity contribution >= 4 is 20.9 Å². The van der Waals surface area contributed by atoms with Crippen LogP contribution in [0.15, 0.2) is 82.7 Å². The molecule has 0 saturated heterocycles. The van der Waals surface area contributed by atoms with Crippen LogP contribution in [0.2, 0.25) is 0 Å². The predicted octanol–water partition coefficient (Wildman–Crippen LogP) is 4.92. The van der Waals surface area contributed by atoms with Gasteiger partial charge in [0.25, 0.3) is 5.56 Å². The summed E-state index contributed by atoms with van der Waals surface area (Å²) in [6, 6.07) is 18.1. The Hall–Kier alpha value is -3.29. The largest absolute Gasteiger partial charge is 0.322 e. The van der Waals surface area contributed by atoms with Crippen LogP contribution in [0.3, 0.4) is 0 Å². The summed E-state index contributed by atoms with van der Waals surface area (Å²) in [6.45, 7) is 8.27. The molecule has 1 N–H and O–H groups in total. The van der Waals surface area contributed by atoms with Gasteiger partial charge in [0.2, 0.25) is 10.0 Å². The van der Waals surface area contributed by atoms with E-state index in [2.05, 4.69) is 30.7 Å². The lowest BCUT2D eigenvalue weighted by molar-refractivity contribution is 0.399. The number of sulfonamides is 1. The minimum Gasteiger partial charge on any atom is -0.322 e. The topological polar surface area (TPSA) is 83.1 Å². The van der Waals surface area contributed by atoms with Crippen LogP contribution < -0.4 is 5.56 Å². The van der Waals surface area contributed by atoms with Gasteiger partial charge in [-0.15, -0.1) is 0 Å². The van der Waals surface area contributed by atoms with E-state index in [0.29, 0.717) is 5.56 Å². The average molecular weight is 476 g/mol. The van der Waals surface area contributed by atoms with Gasteiger partial charge >= 0.3 is 0 Å². The molecular weight excluding hydrogens is 446 g/mol. The van der Waals surface area contributed by atoms with Gasteiger partial charge in [-0.1, -0.05) is 50.6 Å². The first-order valence-electron chi connectivity index (χ1n) is 11.2. The van der Waals surface area contributed by atoms with Crippen LogP contribution in [0.25, 0.3) is 10.9 Å². The standard InChI is InChI=1S/C27H29N3O3S/c1-19-7-12-25-21(14-19)15-22(26(31)29-25)18-30(17-20-6-5-13-28-16-20)34(32,33)24-10-8-23(9-11-24)27(2,3)4/h5-16H,17-18H2,1-4H3,(H,29,31). The summed E-state index contributed by atoms with van der Waals surface area (Å²) in [5, 5.41) is 0.864. The average Bonchev–Trinajstić information content (AvgIpc) is 2.79. The van der Waals surface area contributed by atoms with Crippen LogP contribution in [-0.2, 0) is 28.5 Å². The van der Waals surface area contributed by atoms with E-state index >= 15 is 0 Å². The Bertz CT molecular complexity index is 1470. The van der Waals surface area contributed by atoms with Crippen LogP contribution in [0, 0.1) is 6.92 Å². The van der Waals surface area contributed by atoms with Crippen molar-refractivity contribution in [2.75, 3.05) is 0 Å². The number of aryl methyl sites for hydroxylation is 1. The molecule has 6 nitrogen and oxygen atoms in total. The minimum atomic E-state index is -3.89. The van der Waals surface area contributed by atoms with Crippen molar-refractivity contribution in [2.24, 2.45) is 0 Å². The second kappa shape index (κ2) is 9.16. The number of fused-ring (bicyclic) bond motifs is 1. The molecule has 0 radical (unpaired) electrons. The van der Waals surface area contributed by atoms with Gasteiger partial charge in [-0.3, -0.25) is 9.78 Å². The molecule has 0 aliphatic heterocycles. The van der Waals surface area contributed by atoms with Gasteiger partial charge in [0.15, 0.2) is 0 Å². The highest BCUT2D eigenvalue weighted by Crippen LogP contribution is 2.26. The monoisotopic (exact) mass is 475 g/mol. The zero-order valence-electron chi connectivity index (χ0n) is 19.9. The van der Waals surface area contributed by atoms with E-state index in [1.165, 1.54) is 4.31 Å². The summed E-state index contributed by atoms with van der Waals surface area (Å²) in [6.07, 6.45) is 3.28. The van der Waals surface area contributed by atoms with Crippen molar-refractivity contribution in [2.45, 2.75) is 51.1 Å². The number of rotatable bonds is 6. The molecule has 34 heavy (non-hydrogen) atoms. The third kappa shape index (κ3) is 5.11. The van der Waals surface area contributed by atoms with Crippen molar-refractivity contribution in [1.82, 2.24) is 14.3 Å².